The monoisotopic (exact) mass is 474 g/mol. The van der Waals surface area contributed by atoms with Gasteiger partial charge in [-0.3, -0.25) is 0 Å². The maximum atomic E-state index is 9.29. The third-order valence-corrected chi connectivity index (χ3v) is 5.55. The fourth-order valence-corrected chi connectivity index (χ4v) is 3.20. The van der Waals surface area contributed by atoms with Crippen molar-refractivity contribution in [2.45, 2.75) is 57.5 Å². The number of aliphatic hydroxyl groups is 2. The average Bonchev–Trinajstić information content (AvgIpc) is 3.74. The highest BCUT2D eigenvalue weighted by Crippen LogP contribution is 2.33. The molecule has 34 heavy (non-hydrogen) atoms. The first-order chi connectivity index (χ1) is 16.2. The molecule has 2 N–H and O–H groups in total. The van der Waals surface area contributed by atoms with Crippen LogP contribution in [0.5, 0.6) is 11.5 Å². The minimum Gasteiger partial charge on any atom is -0.491 e. The average molecular weight is 475 g/mol. The van der Waals surface area contributed by atoms with Crippen LogP contribution < -0.4 is 9.47 Å². The molecule has 2 aliphatic heterocycles. The quantitative estimate of drug-likeness (QED) is 0.456. The molecule has 4 atom stereocenters. The minimum absolute atomic E-state index is 0.161. The zero-order valence-corrected chi connectivity index (χ0v) is 20.6. The smallest absolute Gasteiger partial charge is 0.119 e. The number of ether oxygens (including phenoxy) is 5. The predicted octanol–water partition coefficient (Wildman–Crippen LogP) is 3.33. The number of epoxide rings is 2. The summed E-state index contributed by atoms with van der Waals surface area (Å²) < 4.78 is 26.2. The van der Waals surface area contributed by atoms with Gasteiger partial charge in [0.05, 0.1) is 38.6 Å². The highest BCUT2D eigenvalue weighted by Gasteiger charge is 2.26. The molecule has 4 unspecified atom stereocenters. The van der Waals surface area contributed by atoms with Crippen LogP contribution in [0.2, 0.25) is 0 Å². The lowest BCUT2D eigenvalue weighted by Gasteiger charge is -2.26. The highest BCUT2D eigenvalue weighted by molar-refractivity contribution is 5.41. The van der Waals surface area contributed by atoms with E-state index in [2.05, 4.69) is 38.1 Å². The van der Waals surface area contributed by atoms with E-state index in [1.165, 1.54) is 11.1 Å². The molecule has 0 spiro atoms. The van der Waals surface area contributed by atoms with Crippen LogP contribution in [0.1, 0.15) is 38.8 Å². The first-order valence-electron chi connectivity index (χ1n) is 11.9. The second-order valence-corrected chi connectivity index (χ2v) is 9.44. The molecule has 0 radical (unpaired) electrons. The van der Waals surface area contributed by atoms with Crippen molar-refractivity contribution in [2.24, 2.45) is 0 Å². The molecule has 7 heteroatoms. The van der Waals surface area contributed by atoms with Crippen LogP contribution in [-0.2, 0) is 19.6 Å². The molecule has 2 aliphatic rings. The number of hydrogen-bond acceptors (Lipinski definition) is 7. The third kappa shape index (κ3) is 9.24. The Morgan fingerprint density at radius 2 is 1.12 bits per heavy atom. The molecule has 2 heterocycles. The van der Waals surface area contributed by atoms with Crippen molar-refractivity contribution in [1.29, 1.82) is 0 Å². The van der Waals surface area contributed by atoms with Gasteiger partial charge in [-0.05, 0) is 49.2 Å². The summed E-state index contributed by atoms with van der Waals surface area (Å²) in [7, 11) is 0. The molecule has 0 aromatic heterocycles. The van der Waals surface area contributed by atoms with Gasteiger partial charge in [-0.15, -0.1) is 0 Å². The van der Waals surface area contributed by atoms with Crippen LogP contribution in [0.25, 0.3) is 0 Å². The summed E-state index contributed by atoms with van der Waals surface area (Å²) in [6.07, 6.45) is -0.177. The van der Waals surface area contributed by atoms with Crippen LogP contribution in [0, 0.1) is 0 Å². The second kappa shape index (κ2) is 12.5. The van der Waals surface area contributed by atoms with Gasteiger partial charge >= 0.3 is 0 Å². The second-order valence-electron chi connectivity index (χ2n) is 9.44. The van der Waals surface area contributed by atoms with Crippen LogP contribution in [-0.4, -0.2) is 74.3 Å². The number of aliphatic hydroxyl groups excluding tert-OH is 2. The van der Waals surface area contributed by atoms with Gasteiger partial charge in [0.1, 0.15) is 36.9 Å². The third-order valence-electron chi connectivity index (χ3n) is 5.55. The van der Waals surface area contributed by atoms with E-state index in [0.29, 0.717) is 12.2 Å². The Labute approximate surface area is 202 Å². The van der Waals surface area contributed by atoms with Crippen LogP contribution in [0.15, 0.2) is 48.5 Å². The van der Waals surface area contributed by atoms with E-state index < -0.39 is 12.2 Å². The molecule has 7 nitrogen and oxygen atoms in total. The van der Waals surface area contributed by atoms with E-state index in [1.807, 2.05) is 24.3 Å². The Balaban J connectivity index is 0.000000296. The Bertz CT molecular complexity index is 769. The fourth-order valence-electron chi connectivity index (χ4n) is 3.20. The molecule has 2 saturated heterocycles. The molecular formula is C27H38O7. The molecule has 0 aliphatic carbocycles. The Kier molecular flexibility index (Phi) is 9.74. The first-order valence-corrected chi connectivity index (χ1v) is 11.9. The summed E-state index contributed by atoms with van der Waals surface area (Å²) in [5, 5.41) is 18.6. The van der Waals surface area contributed by atoms with E-state index in [4.69, 9.17) is 23.7 Å². The first kappa shape index (κ1) is 26.4. The summed E-state index contributed by atoms with van der Waals surface area (Å²) in [6.45, 7) is 11.6. The van der Waals surface area contributed by atoms with E-state index >= 15 is 0 Å². The summed E-state index contributed by atoms with van der Waals surface area (Å²) in [4.78, 5) is 0. The van der Waals surface area contributed by atoms with Gasteiger partial charge in [-0.2, -0.15) is 0 Å². The highest BCUT2D eigenvalue weighted by atomic mass is 16.6. The number of benzene rings is 2. The van der Waals surface area contributed by atoms with E-state index in [-0.39, 0.29) is 18.6 Å². The molecule has 4 rings (SSSR count). The lowest BCUT2D eigenvalue weighted by Crippen LogP contribution is -2.19. The lowest BCUT2D eigenvalue weighted by atomic mass is 9.78. The molecule has 2 fully saturated rings. The van der Waals surface area contributed by atoms with Crippen LogP contribution in [0.4, 0.5) is 0 Å². The normalized spacial score (nSPS) is 20.5. The van der Waals surface area contributed by atoms with Gasteiger partial charge in [-0.25, -0.2) is 0 Å². The van der Waals surface area contributed by atoms with Crippen molar-refractivity contribution in [3.63, 3.8) is 0 Å². The zero-order chi connectivity index (χ0) is 24.6. The molecule has 2 aromatic carbocycles. The van der Waals surface area contributed by atoms with Crippen molar-refractivity contribution in [1.82, 2.24) is 0 Å². The van der Waals surface area contributed by atoms with Crippen molar-refractivity contribution >= 4 is 0 Å². The number of rotatable bonds is 12. The van der Waals surface area contributed by atoms with Gasteiger partial charge in [0.25, 0.3) is 0 Å². The Morgan fingerprint density at radius 1 is 0.765 bits per heavy atom. The van der Waals surface area contributed by atoms with Crippen LogP contribution >= 0.6 is 0 Å². The van der Waals surface area contributed by atoms with Gasteiger partial charge in [-0.1, -0.05) is 38.1 Å². The molecule has 0 bridgehead atoms. The van der Waals surface area contributed by atoms with Gasteiger partial charge < -0.3 is 33.9 Å². The SMILES string of the molecule is C(OCC1CO1)C1CO1.CC(O)COc1ccc(C(C)(C)c2ccc(OCC(C)O)cc2)cc1. The van der Waals surface area contributed by atoms with Crippen molar-refractivity contribution in [2.75, 3.05) is 39.6 Å². The molecule has 0 amide bonds. The lowest BCUT2D eigenvalue weighted by molar-refractivity contribution is 0.102. The van der Waals surface area contributed by atoms with E-state index in [0.717, 1.165) is 37.9 Å². The topological polar surface area (TPSA) is 93.2 Å². The maximum Gasteiger partial charge on any atom is 0.119 e. The van der Waals surface area contributed by atoms with Crippen molar-refractivity contribution in [3.8, 4) is 11.5 Å². The fraction of sp³-hybridized carbons (Fsp3) is 0.556. The Morgan fingerprint density at radius 3 is 1.41 bits per heavy atom. The van der Waals surface area contributed by atoms with E-state index in [1.54, 1.807) is 13.8 Å². The van der Waals surface area contributed by atoms with Crippen molar-refractivity contribution < 1.29 is 33.9 Å². The zero-order valence-electron chi connectivity index (χ0n) is 20.6. The standard InChI is InChI=1S/C21H28O4.C6H10O3/c1-15(22)13-24-19-9-5-17(6-10-19)21(3,4)18-7-11-20(12-8-18)25-14-16(2)23;1(5-3-8-5)7-2-6-4-9-6/h5-12,15-16,22-23H,13-14H2,1-4H3;5-6H,1-4H2. The van der Waals surface area contributed by atoms with E-state index in [9.17, 15) is 10.2 Å². The number of hydrogen-bond donors (Lipinski definition) is 2. The summed E-state index contributed by atoms with van der Waals surface area (Å²) in [5.74, 6) is 1.50. The summed E-state index contributed by atoms with van der Waals surface area (Å²) in [6, 6.07) is 15.9. The molecule has 188 valence electrons. The molecule has 0 saturated carbocycles. The summed E-state index contributed by atoms with van der Waals surface area (Å²) >= 11 is 0. The molecule has 2 aromatic rings. The van der Waals surface area contributed by atoms with Gasteiger partial charge in [0, 0.05) is 5.41 Å². The van der Waals surface area contributed by atoms with Crippen molar-refractivity contribution in [3.05, 3.63) is 59.7 Å². The predicted molar refractivity (Wildman–Crippen MR) is 130 cm³/mol. The summed E-state index contributed by atoms with van der Waals surface area (Å²) in [5.41, 5.74) is 2.19. The van der Waals surface area contributed by atoms with Gasteiger partial charge in [0.2, 0.25) is 0 Å². The maximum absolute atomic E-state index is 9.29. The Hall–Kier alpha value is -2.16. The van der Waals surface area contributed by atoms with Crippen LogP contribution in [0.3, 0.4) is 0 Å². The largest absolute Gasteiger partial charge is 0.491 e. The molecular weight excluding hydrogens is 436 g/mol. The minimum atomic E-state index is -0.481. The van der Waals surface area contributed by atoms with Gasteiger partial charge in [0.15, 0.2) is 0 Å².